The zero-order valence-corrected chi connectivity index (χ0v) is 14.5. The molecule has 1 fully saturated rings. The number of hydrogen-bond donors (Lipinski definition) is 1. The van der Waals surface area contributed by atoms with E-state index in [1.165, 1.54) is 34.1 Å². The zero-order valence-electron chi connectivity index (χ0n) is 13.0. The normalized spacial score (nSPS) is 14.1. The molecule has 1 aliphatic rings. The topological polar surface area (TPSA) is 52.7 Å². The average molecular weight is 382 g/mol. The van der Waals surface area contributed by atoms with Crippen LogP contribution in [0.4, 0.5) is 20.6 Å². The fourth-order valence-electron chi connectivity index (χ4n) is 2.59. The molecule has 1 saturated heterocycles. The van der Waals surface area contributed by atoms with Crippen molar-refractivity contribution in [2.24, 2.45) is 0 Å². The third-order valence-electron chi connectivity index (χ3n) is 3.71. The first-order chi connectivity index (χ1) is 11.9. The number of carbonyl (C=O) groups excluding carboxylic acids is 2. The second kappa shape index (κ2) is 7.29. The van der Waals surface area contributed by atoms with E-state index < -0.39 is 0 Å². The largest absolute Gasteiger partial charge is 0.325 e. The minimum absolute atomic E-state index is 0.0966. The smallest absolute Gasteiger partial charge is 0.324 e. The van der Waals surface area contributed by atoms with E-state index in [0.717, 1.165) is 0 Å². The molecule has 3 rings (SSSR count). The van der Waals surface area contributed by atoms with Gasteiger partial charge in [-0.1, -0.05) is 23.2 Å². The van der Waals surface area contributed by atoms with Crippen molar-refractivity contribution < 1.29 is 14.0 Å². The maximum atomic E-state index is 13.0. The van der Waals surface area contributed by atoms with Gasteiger partial charge in [-0.25, -0.2) is 9.18 Å². The standard InChI is InChI=1S/C17H14Cl2FN3O2/c18-11-7-12(19)9-14(8-11)21-16(24)10-22-5-6-23(17(22)25)15-3-1-13(20)2-4-15/h1-4,7-9H,5-6,10H2,(H,21,24). The molecular weight excluding hydrogens is 368 g/mol. The minimum atomic E-state index is -0.369. The van der Waals surface area contributed by atoms with Crippen LogP contribution in [0.2, 0.25) is 10.0 Å². The van der Waals surface area contributed by atoms with Crippen molar-refractivity contribution in [1.29, 1.82) is 0 Å². The van der Waals surface area contributed by atoms with Crippen molar-refractivity contribution >= 4 is 46.5 Å². The van der Waals surface area contributed by atoms with Crippen LogP contribution >= 0.6 is 23.2 Å². The second-order valence-corrected chi connectivity index (χ2v) is 6.41. The van der Waals surface area contributed by atoms with Gasteiger partial charge in [-0.05, 0) is 42.5 Å². The predicted octanol–water partition coefficient (Wildman–Crippen LogP) is 4.01. The summed E-state index contributed by atoms with van der Waals surface area (Å²) in [6.07, 6.45) is 0. The summed E-state index contributed by atoms with van der Waals surface area (Å²) in [5.41, 5.74) is 1.06. The summed E-state index contributed by atoms with van der Waals surface area (Å²) in [5, 5.41) is 3.47. The molecule has 1 heterocycles. The first-order valence-corrected chi connectivity index (χ1v) is 8.26. The van der Waals surface area contributed by atoms with Crippen LogP contribution in [0.15, 0.2) is 42.5 Å². The Hall–Kier alpha value is -2.31. The van der Waals surface area contributed by atoms with Crippen molar-refractivity contribution in [1.82, 2.24) is 4.90 Å². The molecule has 2 aromatic rings. The lowest BCUT2D eigenvalue weighted by atomic mass is 10.3. The van der Waals surface area contributed by atoms with Gasteiger partial charge >= 0.3 is 6.03 Å². The Kier molecular flexibility index (Phi) is 5.11. The molecule has 8 heteroatoms. The Balaban J connectivity index is 1.62. The minimum Gasteiger partial charge on any atom is -0.324 e. The van der Waals surface area contributed by atoms with Crippen LogP contribution in [-0.4, -0.2) is 36.5 Å². The molecule has 0 bridgehead atoms. The van der Waals surface area contributed by atoms with Gasteiger partial charge in [0.25, 0.3) is 0 Å². The van der Waals surface area contributed by atoms with Gasteiger partial charge in [0.15, 0.2) is 0 Å². The second-order valence-electron chi connectivity index (χ2n) is 5.54. The summed E-state index contributed by atoms with van der Waals surface area (Å²) in [6, 6.07) is 10.1. The Morgan fingerprint density at radius 3 is 2.36 bits per heavy atom. The molecule has 25 heavy (non-hydrogen) atoms. The first kappa shape index (κ1) is 17.5. The SMILES string of the molecule is O=C(CN1CCN(c2ccc(F)cc2)C1=O)Nc1cc(Cl)cc(Cl)c1. The summed E-state index contributed by atoms with van der Waals surface area (Å²) in [7, 11) is 0. The molecule has 0 atom stereocenters. The van der Waals surface area contributed by atoms with Gasteiger partial charge in [0.1, 0.15) is 12.4 Å². The van der Waals surface area contributed by atoms with Crippen LogP contribution in [-0.2, 0) is 4.79 Å². The lowest BCUT2D eigenvalue weighted by Crippen LogP contribution is -2.37. The van der Waals surface area contributed by atoms with Gasteiger partial charge in [-0.15, -0.1) is 0 Å². The highest BCUT2D eigenvalue weighted by atomic mass is 35.5. The van der Waals surface area contributed by atoms with Crippen LogP contribution < -0.4 is 10.2 Å². The molecule has 0 aromatic heterocycles. The van der Waals surface area contributed by atoms with E-state index in [9.17, 15) is 14.0 Å². The number of benzene rings is 2. The molecular formula is C17H14Cl2FN3O2. The summed E-state index contributed by atoms with van der Waals surface area (Å²) >= 11 is 11.8. The van der Waals surface area contributed by atoms with Crippen molar-refractivity contribution in [3.8, 4) is 0 Å². The summed E-state index contributed by atoms with van der Waals surface area (Å²) in [5.74, 6) is -0.723. The zero-order chi connectivity index (χ0) is 18.0. The van der Waals surface area contributed by atoms with Crippen LogP contribution in [0.1, 0.15) is 0 Å². The third-order valence-corrected chi connectivity index (χ3v) is 4.15. The summed E-state index contributed by atoms with van der Waals surface area (Å²) in [6.45, 7) is 0.737. The highest BCUT2D eigenvalue weighted by molar-refractivity contribution is 6.35. The van der Waals surface area contributed by atoms with Crippen molar-refractivity contribution in [2.45, 2.75) is 0 Å². The number of hydrogen-bond acceptors (Lipinski definition) is 2. The van der Waals surface area contributed by atoms with Gasteiger partial charge in [0.05, 0.1) is 0 Å². The number of rotatable bonds is 4. The molecule has 3 amide bonds. The van der Waals surface area contributed by atoms with Gasteiger partial charge in [-0.3, -0.25) is 9.69 Å². The number of anilines is 2. The lowest BCUT2D eigenvalue weighted by molar-refractivity contribution is -0.116. The summed E-state index contributed by atoms with van der Waals surface area (Å²) in [4.78, 5) is 27.5. The molecule has 0 saturated carbocycles. The van der Waals surface area contributed by atoms with Crippen LogP contribution in [0, 0.1) is 5.82 Å². The quantitative estimate of drug-likeness (QED) is 0.869. The van der Waals surface area contributed by atoms with E-state index in [4.69, 9.17) is 23.2 Å². The summed E-state index contributed by atoms with van der Waals surface area (Å²) < 4.78 is 13.0. The number of amides is 3. The molecule has 0 spiro atoms. The molecule has 5 nitrogen and oxygen atoms in total. The fourth-order valence-corrected chi connectivity index (χ4v) is 3.12. The molecule has 0 radical (unpaired) electrons. The van der Waals surface area contributed by atoms with Crippen LogP contribution in [0.5, 0.6) is 0 Å². The highest BCUT2D eigenvalue weighted by Gasteiger charge is 2.30. The third kappa shape index (κ3) is 4.21. The van der Waals surface area contributed by atoms with E-state index in [0.29, 0.717) is 34.5 Å². The number of nitrogens with one attached hydrogen (secondary N) is 1. The van der Waals surface area contributed by atoms with E-state index in [-0.39, 0.29) is 24.3 Å². The molecule has 0 unspecified atom stereocenters. The number of nitrogens with zero attached hydrogens (tertiary/aromatic N) is 2. The van der Waals surface area contributed by atoms with E-state index >= 15 is 0 Å². The van der Waals surface area contributed by atoms with E-state index in [2.05, 4.69) is 5.32 Å². The first-order valence-electron chi connectivity index (χ1n) is 7.50. The molecule has 2 aromatic carbocycles. The Morgan fingerprint density at radius 2 is 1.72 bits per heavy atom. The average Bonchev–Trinajstić information content (AvgIpc) is 2.88. The van der Waals surface area contributed by atoms with Gasteiger partial charge in [0, 0.05) is 34.5 Å². The Labute approximate surface area is 153 Å². The number of halogens is 3. The van der Waals surface area contributed by atoms with Gasteiger partial charge in [-0.2, -0.15) is 0 Å². The maximum absolute atomic E-state index is 13.0. The predicted molar refractivity (Wildman–Crippen MR) is 95.8 cm³/mol. The fraction of sp³-hybridized carbons (Fsp3) is 0.176. The Morgan fingerprint density at radius 1 is 1.08 bits per heavy atom. The van der Waals surface area contributed by atoms with Gasteiger partial charge in [0.2, 0.25) is 5.91 Å². The number of carbonyl (C=O) groups is 2. The monoisotopic (exact) mass is 381 g/mol. The van der Waals surface area contributed by atoms with E-state index in [1.807, 2.05) is 0 Å². The van der Waals surface area contributed by atoms with Crippen LogP contribution in [0.25, 0.3) is 0 Å². The van der Waals surface area contributed by atoms with Crippen LogP contribution in [0.3, 0.4) is 0 Å². The van der Waals surface area contributed by atoms with Crippen molar-refractivity contribution in [3.63, 3.8) is 0 Å². The lowest BCUT2D eigenvalue weighted by Gasteiger charge is -2.18. The van der Waals surface area contributed by atoms with Gasteiger partial charge < -0.3 is 10.2 Å². The maximum Gasteiger partial charge on any atom is 0.325 e. The van der Waals surface area contributed by atoms with Crippen molar-refractivity contribution in [2.75, 3.05) is 29.9 Å². The molecule has 1 aliphatic heterocycles. The number of urea groups is 1. The molecule has 0 aliphatic carbocycles. The highest BCUT2D eigenvalue weighted by Crippen LogP contribution is 2.23. The Bertz CT molecular complexity index is 794. The van der Waals surface area contributed by atoms with Crippen molar-refractivity contribution in [3.05, 3.63) is 58.3 Å². The molecule has 1 N–H and O–H groups in total. The molecule has 130 valence electrons. The van der Waals surface area contributed by atoms with E-state index in [1.54, 1.807) is 18.2 Å².